The van der Waals surface area contributed by atoms with Crippen molar-refractivity contribution in [2.45, 2.75) is 13.0 Å². The predicted octanol–water partition coefficient (Wildman–Crippen LogP) is 3.67. The summed E-state index contributed by atoms with van der Waals surface area (Å²) in [6, 6.07) is 25.7. The first kappa shape index (κ1) is 20.6. The highest BCUT2D eigenvalue weighted by molar-refractivity contribution is 7.92. The van der Waals surface area contributed by atoms with E-state index < -0.39 is 10.0 Å². The standard InChI is InChI=1S/C23H24N2O3S/c1-18-11-9-10-16-21(18)23(19-12-5-3-6-13-19)24-22(26)17-25(29(2,27)28)20-14-7-4-8-15-20/h3-16,23H,17H2,1-2H3,(H,24,26). The van der Waals surface area contributed by atoms with E-state index in [1.807, 2.05) is 61.5 Å². The molecule has 0 aliphatic heterocycles. The molecule has 0 spiro atoms. The maximum absolute atomic E-state index is 12.9. The third-order valence-corrected chi connectivity index (χ3v) is 5.81. The maximum Gasteiger partial charge on any atom is 0.241 e. The zero-order chi connectivity index (χ0) is 20.9. The Morgan fingerprint density at radius 2 is 1.45 bits per heavy atom. The van der Waals surface area contributed by atoms with Crippen molar-refractivity contribution < 1.29 is 13.2 Å². The molecule has 1 N–H and O–H groups in total. The van der Waals surface area contributed by atoms with Crippen LogP contribution in [-0.4, -0.2) is 27.1 Å². The number of nitrogens with one attached hydrogen (secondary N) is 1. The van der Waals surface area contributed by atoms with E-state index in [-0.39, 0.29) is 18.5 Å². The van der Waals surface area contributed by atoms with E-state index in [4.69, 9.17) is 0 Å². The van der Waals surface area contributed by atoms with Gasteiger partial charge in [0, 0.05) is 0 Å². The molecule has 0 aliphatic carbocycles. The van der Waals surface area contributed by atoms with Gasteiger partial charge in [-0.15, -0.1) is 0 Å². The Labute approximate surface area is 172 Å². The zero-order valence-electron chi connectivity index (χ0n) is 16.4. The van der Waals surface area contributed by atoms with E-state index >= 15 is 0 Å². The Bertz CT molecular complexity index is 1070. The summed E-state index contributed by atoms with van der Waals surface area (Å²) in [6.45, 7) is 1.70. The molecule has 0 heterocycles. The lowest BCUT2D eigenvalue weighted by atomic mass is 9.95. The van der Waals surface area contributed by atoms with Gasteiger partial charge in [0.1, 0.15) is 6.54 Å². The second-order valence-electron chi connectivity index (χ2n) is 6.87. The number of carbonyl (C=O) groups excluding carboxylic acids is 1. The Morgan fingerprint density at radius 1 is 0.897 bits per heavy atom. The molecule has 6 heteroatoms. The minimum absolute atomic E-state index is 0.294. The van der Waals surface area contributed by atoms with Crippen LogP contribution in [0.3, 0.4) is 0 Å². The molecule has 1 unspecified atom stereocenters. The fraction of sp³-hybridized carbons (Fsp3) is 0.174. The number of benzene rings is 3. The van der Waals surface area contributed by atoms with Crippen molar-refractivity contribution in [3.8, 4) is 0 Å². The lowest BCUT2D eigenvalue weighted by Gasteiger charge is -2.25. The topological polar surface area (TPSA) is 66.5 Å². The molecular weight excluding hydrogens is 384 g/mol. The Hall–Kier alpha value is -3.12. The highest BCUT2D eigenvalue weighted by Gasteiger charge is 2.24. The van der Waals surface area contributed by atoms with Gasteiger partial charge in [0.05, 0.1) is 18.0 Å². The van der Waals surface area contributed by atoms with Gasteiger partial charge in [-0.05, 0) is 35.7 Å². The van der Waals surface area contributed by atoms with Crippen molar-refractivity contribution >= 4 is 21.6 Å². The summed E-state index contributed by atoms with van der Waals surface area (Å²) in [6.07, 6.45) is 1.10. The average Bonchev–Trinajstić information content (AvgIpc) is 2.71. The third-order valence-electron chi connectivity index (χ3n) is 4.67. The van der Waals surface area contributed by atoms with E-state index in [2.05, 4.69) is 5.32 Å². The molecule has 0 aromatic heterocycles. The van der Waals surface area contributed by atoms with Gasteiger partial charge in [-0.2, -0.15) is 0 Å². The number of aryl methyl sites for hydroxylation is 1. The highest BCUT2D eigenvalue weighted by atomic mass is 32.2. The van der Waals surface area contributed by atoms with Crippen LogP contribution in [0.5, 0.6) is 0 Å². The van der Waals surface area contributed by atoms with E-state index in [9.17, 15) is 13.2 Å². The van der Waals surface area contributed by atoms with E-state index in [1.165, 1.54) is 0 Å². The van der Waals surface area contributed by atoms with E-state index in [1.54, 1.807) is 30.3 Å². The molecule has 1 atom stereocenters. The molecule has 0 saturated carbocycles. The Balaban J connectivity index is 1.89. The zero-order valence-corrected chi connectivity index (χ0v) is 17.3. The molecule has 0 aliphatic rings. The molecule has 1 amide bonds. The number of para-hydroxylation sites is 1. The van der Waals surface area contributed by atoms with Crippen LogP contribution in [0.15, 0.2) is 84.9 Å². The molecular formula is C23H24N2O3S. The number of hydrogen-bond donors (Lipinski definition) is 1. The fourth-order valence-corrected chi connectivity index (χ4v) is 4.08. The molecule has 3 aromatic rings. The first-order valence-corrected chi connectivity index (χ1v) is 11.1. The second-order valence-corrected chi connectivity index (χ2v) is 8.78. The van der Waals surface area contributed by atoms with Crippen molar-refractivity contribution in [2.75, 3.05) is 17.1 Å². The number of carbonyl (C=O) groups is 1. The largest absolute Gasteiger partial charge is 0.344 e. The van der Waals surface area contributed by atoms with Gasteiger partial charge in [-0.3, -0.25) is 9.10 Å². The summed E-state index contributed by atoms with van der Waals surface area (Å²) >= 11 is 0. The van der Waals surface area contributed by atoms with Crippen molar-refractivity contribution in [1.29, 1.82) is 0 Å². The number of hydrogen-bond acceptors (Lipinski definition) is 3. The molecule has 150 valence electrons. The summed E-state index contributed by atoms with van der Waals surface area (Å²) in [5.74, 6) is -0.378. The van der Waals surface area contributed by atoms with Crippen LogP contribution in [0.2, 0.25) is 0 Å². The number of rotatable bonds is 7. The van der Waals surface area contributed by atoms with Crippen molar-refractivity contribution in [3.63, 3.8) is 0 Å². The van der Waals surface area contributed by atoms with Crippen LogP contribution in [-0.2, 0) is 14.8 Å². The Morgan fingerprint density at radius 3 is 2.03 bits per heavy atom. The molecule has 0 bridgehead atoms. The van der Waals surface area contributed by atoms with Gasteiger partial charge in [-0.1, -0.05) is 72.8 Å². The van der Waals surface area contributed by atoms with Gasteiger partial charge in [0.2, 0.25) is 15.9 Å². The van der Waals surface area contributed by atoms with Crippen LogP contribution in [0.25, 0.3) is 0 Å². The van der Waals surface area contributed by atoms with Gasteiger partial charge in [-0.25, -0.2) is 8.42 Å². The van der Waals surface area contributed by atoms with Crippen molar-refractivity contribution in [2.24, 2.45) is 0 Å². The van der Waals surface area contributed by atoms with Crippen LogP contribution < -0.4 is 9.62 Å². The van der Waals surface area contributed by atoms with Crippen molar-refractivity contribution in [1.82, 2.24) is 5.32 Å². The van der Waals surface area contributed by atoms with Gasteiger partial charge >= 0.3 is 0 Å². The fourth-order valence-electron chi connectivity index (χ4n) is 3.23. The average molecular weight is 409 g/mol. The summed E-state index contributed by atoms with van der Waals surface area (Å²) in [5.41, 5.74) is 3.40. The number of anilines is 1. The minimum atomic E-state index is -3.61. The lowest BCUT2D eigenvalue weighted by molar-refractivity contribution is -0.120. The molecule has 3 rings (SSSR count). The van der Waals surface area contributed by atoms with E-state index in [0.717, 1.165) is 27.3 Å². The summed E-state index contributed by atoms with van der Waals surface area (Å²) in [4.78, 5) is 12.9. The van der Waals surface area contributed by atoms with Crippen LogP contribution in [0.4, 0.5) is 5.69 Å². The molecule has 29 heavy (non-hydrogen) atoms. The summed E-state index contributed by atoms with van der Waals surface area (Å²) in [5, 5.41) is 3.02. The van der Waals surface area contributed by atoms with Crippen LogP contribution in [0.1, 0.15) is 22.7 Å². The predicted molar refractivity (Wildman–Crippen MR) is 116 cm³/mol. The third kappa shape index (κ3) is 5.23. The normalized spacial score (nSPS) is 12.2. The van der Waals surface area contributed by atoms with Gasteiger partial charge in [0.25, 0.3) is 0 Å². The minimum Gasteiger partial charge on any atom is -0.344 e. The molecule has 0 saturated heterocycles. The number of amides is 1. The smallest absolute Gasteiger partial charge is 0.241 e. The Kier molecular flexibility index (Phi) is 6.34. The monoisotopic (exact) mass is 408 g/mol. The molecule has 5 nitrogen and oxygen atoms in total. The molecule has 0 radical (unpaired) electrons. The van der Waals surface area contributed by atoms with Crippen LogP contribution >= 0.6 is 0 Å². The highest BCUT2D eigenvalue weighted by Crippen LogP contribution is 2.25. The molecule has 3 aromatic carbocycles. The summed E-state index contributed by atoms with van der Waals surface area (Å²) in [7, 11) is -3.61. The quantitative estimate of drug-likeness (QED) is 0.649. The van der Waals surface area contributed by atoms with Gasteiger partial charge in [0.15, 0.2) is 0 Å². The number of sulfonamides is 1. The molecule has 0 fully saturated rings. The SMILES string of the molecule is Cc1ccccc1C(NC(=O)CN(c1ccccc1)S(C)(=O)=O)c1ccccc1. The first-order valence-electron chi connectivity index (χ1n) is 9.29. The second kappa shape index (κ2) is 8.92. The maximum atomic E-state index is 12.9. The lowest BCUT2D eigenvalue weighted by Crippen LogP contribution is -2.42. The number of nitrogens with zero attached hydrogens (tertiary/aromatic N) is 1. The van der Waals surface area contributed by atoms with Crippen molar-refractivity contribution in [3.05, 3.63) is 102 Å². The van der Waals surface area contributed by atoms with E-state index in [0.29, 0.717) is 5.69 Å². The van der Waals surface area contributed by atoms with Gasteiger partial charge < -0.3 is 5.32 Å². The summed E-state index contributed by atoms with van der Waals surface area (Å²) < 4.78 is 25.7. The van der Waals surface area contributed by atoms with Crippen LogP contribution in [0, 0.1) is 6.92 Å². The first-order chi connectivity index (χ1) is 13.9.